The molecule has 0 bridgehead atoms. The Bertz CT molecular complexity index is 961. The molecule has 2 aromatic rings. The average molecular weight is 400 g/mol. The molecule has 0 aliphatic carbocycles. The summed E-state index contributed by atoms with van der Waals surface area (Å²) in [4.78, 5) is 11.5. The van der Waals surface area contributed by atoms with E-state index in [1.54, 1.807) is 24.3 Å². The Morgan fingerprint density at radius 3 is 2.63 bits per heavy atom. The second kappa shape index (κ2) is 7.20. The van der Waals surface area contributed by atoms with E-state index >= 15 is 0 Å². The van der Waals surface area contributed by atoms with Gasteiger partial charge < -0.3 is 10.1 Å². The van der Waals surface area contributed by atoms with Crippen LogP contribution >= 0.6 is 0 Å². The summed E-state index contributed by atoms with van der Waals surface area (Å²) in [5.74, 6) is 0.00296. The zero-order valence-corrected chi connectivity index (χ0v) is 14.6. The Hall–Kier alpha value is -2.59. The zero-order chi connectivity index (χ0) is 19.7. The normalized spacial score (nSPS) is 16.5. The lowest BCUT2D eigenvalue weighted by atomic mass is 10.1. The van der Waals surface area contributed by atoms with E-state index in [0.29, 0.717) is 11.8 Å². The largest absolute Gasteiger partial charge is 0.491 e. The Balaban J connectivity index is 1.63. The highest BCUT2D eigenvalue weighted by molar-refractivity contribution is 7.89. The Morgan fingerprint density at radius 2 is 1.89 bits per heavy atom. The van der Waals surface area contributed by atoms with Gasteiger partial charge in [-0.3, -0.25) is 4.79 Å². The number of nitrogens with one attached hydrogen (secondary N) is 2. The van der Waals surface area contributed by atoms with E-state index in [1.807, 2.05) is 4.72 Å². The quantitative estimate of drug-likeness (QED) is 0.806. The van der Waals surface area contributed by atoms with Gasteiger partial charge in [-0.25, -0.2) is 13.1 Å². The number of ether oxygens (including phenoxy) is 1. The highest BCUT2D eigenvalue weighted by Crippen LogP contribution is 2.32. The van der Waals surface area contributed by atoms with Crippen molar-refractivity contribution in [2.75, 3.05) is 13.2 Å². The molecule has 1 aliphatic rings. The van der Waals surface area contributed by atoms with E-state index in [2.05, 4.69) is 5.32 Å². The van der Waals surface area contributed by atoms with Crippen LogP contribution in [-0.4, -0.2) is 27.5 Å². The van der Waals surface area contributed by atoms with Crippen LogP contribution in [0.3, 0.4) is 0 Å². The lowest BCUT2D eigenvalue weighted by Crippen LogP contribution is -2.39. The van der Waals surface area contributed by atoms with Crippen molar-refractivity contribution in [1.29, 1.82) is 0 Å². The topological polar surface area (TPSA) is 84.5 Å². The average Bonchev–Trinajstić information content (AvgIpc) is 3.03. The summed E-state index contributed by atoms with van der Waals surface area (Å²) >= 11 is 0. The molecule has 6 nitrogen and oxygen atoms in total. The molecule has 0 radical (unpaired) electrons. The smallest absolute Gasteiger partial charge is 0.416 e. The van der Waals surface area contributed by atoms with Gasteiger partial charge in [0.25, 0.3) is 0 Å². The maximum Gasteiger partial charge on any atom is 0.416 e. The highest BCUT2D eigenvalue weighted by Gasteiger charge is 2.32. The van der Waals surface area contributed by atoms with Crippen LogP contribution in [0.15, 0.2) is 53.4 Å². The Labute approximate surface area is 153 Å². The number of rotatable bonds is 5. The molecular weight excluding hydrogens is 385 g/mol. The van der Waals surface area contributed by atoms with E-state index in [4.69, 9.17) is 4.74 Å². The molecule has 1 atom stereocenters. The minimum absolute atomic E-state index is 0.214. The lowest BCUT2D eigenvalue weighted by molar-refractivity contribution is -0.137. The highest BCUT2D eigenvalue weighted by atomic mass is 32.2. The molecule has 27 heavy (non-hydrogen) atoms. The third-order valence-electron chi connectivity index (χ3n) is 3.93. The van der Waals surface area contributed by atoms with Gasteiger partial charge >= 0.3 is 6.18 Å². The summed E-state index contributed by atoms with van der Waals surface area (Å²) < 4.78 is 69.9. The van der Waals surface area contributed by atoms with Crippen molar-refractivity contribution in [3.63, 3.8) is 0 Å². The molecule has 2 N–H and O–H groups in total. The molecule has 0 spiro atoms. The molecule has 3 rings (SSSR count). The summed E-state index contributed by atoms with van der Waals surface area (Å²) in [7, 11) is -4.27. The second-order valence-electron chi connectivity index (χ2n) is 5.82. The van der Waals surface area contributed by atoms with Gasteiger partial charge in [0.05, 0.1) is 23.0 Å². The van der Waals surface area contributed by atoms with E-state index in [0.717, 1.165) is 23.8 Å². The number of hydrogen-bond acceptors (Lipinski definition) is 4. The molecule has 144 valence electrons. The molecule has 1 amide bonds. The number of para-hydroxylation sites is 1. The standard InChI is InChI=1S/C17H15F3N2O4S/c18-17(19,20)11-4-3-5-12(8-11)27(24,25)21-9-16(23)22-14-10-26-15-7-2-1-6-13(14)15/h1-8,14,21H,9-10H2,(H,22,23)/t14-/m0/s1. The van der Waals surface area contributed by atoms with Gasteiger partial charge in [-0.15, -0.1) is 0 Å². The van der Waals surface area contributed by atoms with Gasteiger partial charge in [-0.1, -0.05) is 24.3 Å². The first-order valence-electron chi connectivity index (χ1n) is 7.85. The number of sulfonamides is 1. The minimum Gasteiger partial charge on any atom is -0.491 e. The number of amides is 1. The molecule has 0 unspecified atom stereocenters. The molecule has 10 heteroatoms. The number of carbonyl (C=O) groups excluding carboxylic acids is 1. The predicted octanol–water partition coefficient (Wildman–Crippen LogP) is 2.23. The molecular formula is C17H15F3N2O4S. The van der Waals surface area contributed by atoms with Crippen LogP contribution in [0.1, 0.15) is 17.2 Å². The van der Waals surface area contributed by atoms with Crippen LogP contribution in [0.2, 0.25) is 0 Å². The SMILES string of the molecule is O=C(CNS(=O)(=O)c1cccc(C(F)(F)F)c1)N[C@H]1COc2ccccc21. The molecule has 2 aromatic carbocycles. The lowest BCUT2D eigenvalue weighted by Gasteiger charge is -2.13. The van der Waals surface area contributed by atoms with Gasteiger partial charge in [0.15, 0.2) is 0 Å². The second-order valence-corrected chi connectivity index (χ2v) is 7.59. The van der Waals surface area contributed by atoms with Crippen molar-refractivity contribution in [3.8, 4) is 5.75 Å². The molecule has 1 heterocycles. The first kappa shape index (κ1) is 19.2. The van der Waals surface area contributed by atoms with Crippen LogP contribution in [-0.2, 0) is 21.0 Å². The van der Waals surface area contributed by atoms with Gasteiger partial charge in [0.1, 0.15) is 12.4 Å². The fourth-order valence-electron chi connectivity index (χ4n) is 2.61. The molecule has 0 saturated carbocycles. The number of alkyl halides is 3. The van der Waals surface area contributed by atoms with Gasteiger partial charge in [-0.05, 0) is 24.3 Å². The predicted molar refractivity (Wildman–Crippen MR) is 89.5 cm³/mol. The summed E-state index contributed by atoms with van der Waals surface area (Å²) in [6, 6.07) is 9.96. The zero-order valence-electron chi connectivity index (χ0n) is 13.8. The number of hydrogen-bond donors (Lipinski definition) is 2. The fourth-order valence-corrected chi connectivity index (χ4v) is 3.64. The maximum atomic E-state index is 12.7. The summed E-state index contributed by atoms with van der Waals surface area (Å²) in [6.07, 6.45) is -4.67. The fraction of sp³-hybridized carbons (Fsp3) is 0.235. The number of carbonyl (C=O) groups is 1. The summed E-state index contributed by atoms with van der Waals surface area (Å²) in [6.45, 7) is -0.400. The molecule has 1 aliphatic heterocycles. The van der Waals surface area contributed by atoms with Gasteiger partial charge in [-0.2, -0.15) is 13.2 Å². The van der Waals surface area contributed by atoms with Crippen molar-refractivity contribution in [1.82, 2.24) is 10.0 Å². The van der Waals surface area contributed by atoms with Crippen LogP contribution in [0.25, 0.3) is 0 Å². The number of halogens is 3. The third-order valence-corrected chi connectivity index (χ3v) is 5.33. The van der Waals surface area contributed by atoms with Crippen molar-refractivity contribution < 1.29 is 31.1 Å². The van der Waals surface area contributed by atoms with Gasteiger partial charge in [0, 0.05) is 5.56 Å². The van der Waals surface area contributed by atoms with Crippen molar-refractivity contribution in [2.24, 2.45) is 0 Å². The van der Waals surface area contributed by atoms with E-state index in [9.17, 15) is 26.4 Å². The molecule has 0 saturated heterocycles. The number of fused-ring (bicyclic) bond motifs is 1. The molecule has 0 aromatic heterocycles. The molecule has 0 fully saturated rings. The number of benzene rings is 2. The van der Waals surface area contributed by atoms with Gasteiger partial charge in [0.2, 0.25) is 15.9 Å². The van der Waals surface area contributed by atoms with Crippen LogP contribution < -0.4 is 14.8 Å². The van der Waals surface area contributed by atoms with Crippen LogP contribution in [0.4, 0.5) is 13.2 Å². The first-order valence-corrected chi connectivity index (χ1v) is 9.33. The van der Waals surface area contributed by atoms with Crippen molar-refractivity contribution in [2.45, 2.75) is 17.1 Å². The van der Waals surface area contributed by atoms with Crippen molar-refractivity contribution >= 4 is 15.9 Å². The summed E-state index contributed by atoms with van der Waals surface area (Å²) in [5, 5.41) is 2.62. The van der Waals surface area contributed by atoms with E-state index < -0.39 is 45.2 Å². The Kier molecular flexibility index (Phi) is 5.11. The summed E-state index contributed by atoms with van der Waals surface area (Å²) in [5.41, 5.74) is -0.318. The minimum atomic E-state index is -4.67. The monoisotopic (exact) mass is 400 g/mol. The van der Waals surface area contributed by atoms with Crippen LogP contribution in [0, 0.1) is 0 Å². The Morgan fingerprint density at radius 1 is 1.15 bits per heavy atom. The van der Waals surface area contributed by atoms with Crippen LogP contribution in [0.5, 0.6) is 5.75 Å². The first-order chi connectivity index (χ1) is 12.7. The van der Waals surface area contributed by atoms with Crippen molar-refractivity contribution in [3.05, 3.63) is 59.7 Å². The third kappa shape index (κ3) is 4.40. The van der Waals surface area contributed by atoms with E-state index in [-0.39, 0.29) is 6.61 Å². The maximum absolute atomic E-state index is 12.7. The van der Waals surface area contributed by atoms with E-state index in [1.165, 1.54) is 0 Å².